The van der Waals surface area contributed by atoms with E-state index in [1.807, 2.05) is 11.3 Å². The Bertz CT molecular complexity index is 4110. The Labute approximate surface area is 417 Å². The Hall–Kier alpha value is -8.82. The summed E-state index contributed by atoms with van der Waals surface area (Å²) >= 11 is 1.88. The normalized spacial score (nSPS) is 12.6. The Kier molecular flexibility index (Phi) is 9.69. The van der Waals surface area contributed by atoms with E-state index in [1.165, 1.54) is 108 Å². The van der Waals surface area contributed by atoms with Crippen LogP contribution in [0.15, 0.2) is 273 Å². The van der Waals surface area contributed by atoms with Crippen molar-refractivity contribution in [2.75, 3.05) is 4.90 Å². The maximum Gasteiger partial charge on any atom is 0.0713 e. The summed E-state index contributed by atoms with van der Waals surface area (Å²) in [5.41, 5.74) is 17.6. The first-order chi connectivity index (χ1) is 35.2. The Balaban J connectivity index is 1.06. The molecule has 0 spiro atoms. The number of anilines is 3. The summed E-state index contributed by atoms with van der Waals surface area (Å²) in [6.45, 7) is 0. The van der Waals surface area contributed by atoms with E-state index < -0.39 is 5.41 Å². The first-order valence-electron chi connectivity index (χ1n) is 24.5. The largest absolute Gasteiger partial charge is 0.309 e. The number of fused-ring (bicyclic) bond motifs is 9. The van der Waals surface area contributed by atoms with Gasteiger partial charge >= 0.3 is 0 Å². The van der Waals surface area contributed by atoms with E-state index in [1.54, 1.807) is 0 Å². The molecule has 0 aliphatic heterocycles. The molecule has 71 heavy (non-hydrogen) atoms. The van der Waals surface area contributed by atoms with Crippen molar-refractivity contribution in [2.45, 2.75) is 5.41 Å². The molecular weight excluding hydrogens is 875 g/mol. The van der Waals surface area contributed by atoms with Crippen LogP contribution in [0.4, 0.5) is 17.1 Å². The molecule has 13 aromatic rings. The maximum absolute atomic E-state index is 2.55. The lowest BCUT2D eigenvalue weighted by Gasteiger charge is -2.34. The fraction of sp³-hybridized carbons (Fsp3) is 0.0145. The van der Waals surface area contributed by atoms with E-state index >= 15 is 0 Å². The fourth-order valence-electron chi connectivity index (χ4n) is 11.9. The first-order valence-corrected chi connectivity index (χ1v) is 25.3. The van der Waals surface area contributed by atoms with Crippen LogP contribution >= 0.6 is 11.3 Å². The van der Waals surface area contributed by atoms with Crippen molar-refractivity contribution in [2.24, 2.45) is 0 Å². The molecule has 14 rings (SSSR count). The SMILES string of the molecule is c1ccc(-c2cccc(-c3c(N(c4ccc(-c5cccc6c5sc5ccccc56)cc4)c4ccc5c(c4)-c4ccccc4C5(c4ccccc4)c4ccccc4)c4ccccc4c4ccccc34)c2)cc1. The molecule has 0 fully saturated rings. The van der Waals surface area contributed by atoms with Crippen LogP contribution in [0.1, 0.15) is 22.3 Å². The second kappa shape index (κ2) is 16.7. The quantitative estimate of drug-likeness (QED) is 0.137. The fourth-order valence-corrected chi connectivity index (χ4v) is 13.1. The minimum Gasteiger partial charge on any atom is -0.309 e. The van der Waals surface area contributed by atoms with Crippen molar-refractivity contribution in [3.05, 3.63) is 295 Å². The zero-order chi connectivity index (χ0) is 46.9. The number of benzene rings is 12. The van der Waals surface area contributed by atoms with Gasteiger partial charge in [0.05, 0.1) is 11.1 Å². The van der Waals surface area contributed by atoms with Crippen LogP contribution in [0.5, 0.6) is 0 Å². The van der Waals surface area contributed by atoms with Gasteiger partial charge in [-0.05, 0) is 114 Å². The molecule has 0 unspecified atom stereocenters. The van der Waals surface area contributed by atoms with E-state index in [9.17, 15) is 0 Å². The van der Waals surface area contributed by atoms with E-state index in [4.69, 9.17) is 0 Å². The molecule has 1 aliphatic rings. The zero-order valence-electron chi connectivity index (χ0n) is 38.8. The van der Waals surface area contributed by atoms with Crippen molar-refractivity contribution < 1.29 is 0 Å². The molecular formula is C69H45NS. The number of rotatable bonds is 8. The lowest BCUT2D eigenvalue weighted by molar-refractivity contribution is 0.768. The molecule has 0 radical (unpaired) electrons. The highest BCUT2D eigenvalue weighted by Crippen LogP contribution is 2.58. The van der Waals surface area contributed by atoms with Crippen LogP contribution < -0.4 is 4.90 Å². The van der Waals surface area contributed by atoms with Crippen molar-refractivity contribution in [3.63, 3.8) is 0 Å². The van der Waals surface area contributed by atoms with Gasteiger partial charge in [-0.15, -0.1) is 11.3 Å². The Morgan fingerprint density at radius 3 is 1.56 bits per heavy atom. The molecule has 1 aliphatic carbocycles. The molecule has 0 saturated heterocycles. The van der Waals surface area contributed by atoms with Crippen LogP contribution in [0, 0.1) is 0 Å². The molecule has 0 atom stereocenters. The van der Waals surface area contributed by atoms with E-state index in [-0.39, 0.29) is 0 Å². The molecule has 12 aromatic carbocycles. The number of hydrogen-bond acceptors (Lipinski definition) is 2. The summed E-state index contributed by atoms with van der Waals surface area (Å²) in [6, 6.07) is 101. The van der Waals surface area contributed by atoms with Gasteiger partial charge in [-0.2, -0.15) is 0 Å². The van der Waals surface area contributed by atoms with Crippen LogP contribution in [-0.4, -0.2) is 0 Å². The van der Waals surface area contributed by atoms with Gasteiger partial charge in [0.2, 0.25) is 0 Å². The van der Waals surface area contributed by atoms with Crippen molar-refractivity contribution in [3.8, 4) is 44.5 Å². The highest BCUT2D eigenvalue weighted by Gasteiger charge is 2.46. The highest BCUT2D eigenvalue weighted by molar-refractivity contribution is 7.26. The van der Waals surface area contributed by atoms with Gasteiger partial charge in [0.1, 0.15) is 0 Å². The minimum absolute atomic E-state index is 0.508. The van der Waals surface area contributed by atoms with E-state index in [2.05, 4.69) is 278 Å². The molecule has 2 heteroatoms. The Morgan fingerprint density at radius 1 is 0.296 bits per heavy atom. The molecule has 0 bridgehead atoms. The Morgan fingerprint density at radius 2 is 0.817 bits per heavy atom. The van der Waals surface area contributed by atoms with Gasteiger partial charge in [0, 0.05) is 42.5 Å². The van der Waals surface area contributed by atoms with Crippen LogP contribution in [0.3, 0.4) is 0 Å². The predicted molar refractivity (Wildman–Crippen MR) is 303 cm³/mol. The van der Waals surface area contributed by atoms with Crippen LogP contribution in [0.25, 0.3) is 86.2 Å². The van der Waals surface area contributed by atoms with Gasteiger partial charge in [-0.25, -0.2) is 0 Å². The van der Waals surface area contributed by atoms with Gasteiger partial charge < -0.3 is 4.90 Å². The summed E-state index contributed by atoms with van der Waals surface area (Å²) in [4.78, 5) is 2.55. The summed E-state index contributed by atoms with van der Waals surface area (Å²) in [5.74, 6) is 0. The number of nitrogens with zero attached hydrogens (tertiary/aromatic N) is 1. The summed E-state index contributed by atoms with van der Waals surface area (Å²) in [7, 11) is 0. The van der Waals surface area contributed by atoms with E-state index in [0.29, 0.717) is 0 Å². The molecule has 0 amide bonds. The minimum atomic E-state index is -0.508. The maximum atomic E-state index is 2.55. The highest BCUT2D eigenvalue weighted by atomic mass is 32.1. The predicted octanol–water partition coefficient (Wildman–Crippen LogP) is 19.2. The van der Waals surface area contributed by atoms with Crippen molar-refractivity contribution in [1.82, 2.24) is 0 Å². The second-order valence-corrected chi connectivity index (χ2v) is 19.7. The molecule has 0 N–H and O–H groups in total. The molecule has 0 saturated carbocycles. The monoisotopic (exact) mass is 919 g/mol. The lowest BCUT2D eigenvalue weighted by atomic mass is 9.68. The van der Waals surface area contributed by atoms with Crippen LogP contribution in [-0.2, 0) is 5.41 Å². The molecule has 332 valence electrons. The zero-order valence-corrected chi connectivity index (χ0v) is 39.7. The summed E-state index contributed by atoms with van der Waals surface area (Å²) < 4.78 is 2.63. The third-order valence-corrected chi connectivity index (χ3v) is 16.1. The van der Waals surface area contributed by atoms with E-state index in [0.717, 1.165) is 17.1 Å². The number of hydrogen-bond donors (Lipinski definition) is 0. The lowest BCUT2D eigenvalue weighted by Crippen LogP contribution is -2.28. The van der Waals surface area contributed by atoms with Crippen LogP contribution in [0.2, 0.25) is 0 Å². The van der Waals surface area contributed by atoms with Crippen molar-refractivity contribution in [1.29, 1.82) is 0 Å². The summed E-state index contributed by atoms with van der Waals surface area (Å²) in [5, 5.41) is 7.47. The third kappa shape index (κ3) is 6.46. The molecule has 1 heterocycles. The van der Waals surface area contributed by atoms with Gasteiger partial charge in [-0.1, -0.05) is 237 Å². The number of thiophene rings is 1. The second-order valence-electron chi connectivity index (χ2n) is 18.7. The first kappa shape index (κ1) is 41.2. The topological polar surface area (TPSA) is 3.24 Å². The third-order valence-electron chi connectivity index (χ3n) is 14.9. The molecule has 1 aromatic heterocycles. The van der Waals surface area contributed by atoms with Gasteiger partial charge in [0.25, 0.3) is 0 Å². The molecule has 1 nitrogen and oxygen atoms in total. The smallest absolute Gasteiger partial charge is 0.0713 e. The van der Waals surface area contributed by atoms with Gasteiger partial charge in [-0.3, -0.25) is 0 Å². The van der Waals surface area contributed by atoms with Crippen molar-refractivity contribution >= 4 is 70.1 Å². The van der Waals surface area contributed by atoms with Gasteiger partial charge in [0.15, 0.2) is 0 Å². The standard InChI is InChI=1S/C69H45NS/c1-4-20-46(21-5-1)48-22-18-23-49(44-48)66-59-32-12-10-28-55(59)56-29-11-13-33-60(56)67(66)70(52-40-38-47(39-41-52)54-34-19-35-61-58-31-15-17-37-65(58)71-68(54)61)53-42-43-64-62(45-53)57-30-14-16-36-63(57)69(64,50-24-6-2-7-25-50)51-26-8-3-9-27-51/h1-45H. The summed E-state index contributed by atoms with van der Waals surface area (Å²) in [6.07, 6.45) is 0. The average molecular weight is 920 g/mol. The average Bonchev–Trinajstić information content (AvgIpc) is 3.98.